The second-order valence-electron chi connectivity index (χ2n) is 30.9. The molecule has 12 aromatic rings. The molecule has 17 rings (SSSR count). The van der Waals surface area contributed by atoms with E-state index < -0.39 is 58.1 Å². The van der Waals surface area contributed by atoms with Crippen LogP contribution in [0, 0.1) is 57.7 Å². The highest BCUT2D eigenvalue weighted by molar-refractivity contribution is 6.04. The molecule has 0 atom stereocenters. The Labute approximate surface area is 648 Å². The van der Waals surface area contributed by atoms with Gasteiger partial charge in [-0.15, -0.1) is 0 Å². The zero-order valence-corrected chi connectivity index (χ0v) is 62.7. The zero-order valence-electron chi connectivity index (χ0n) is 62.7. The number of aromatic nitrogens is 16. The van der Waals surface area contributed by atoms with Gasteiger partial charge >= 0.3 is 35.1 Å². The van der Waals surface area contributed by atoms with Crippen LogP contribution in [0.4, 0.5) is 26.3 Å². The Kier molecular flexibility index (Phi) is 23.8. The minimum atomic E-state index is -4.21. The smallest absolute Gasteiger partial charge is 0.346 e. The Balaban J connectivity index is 0.000000127. The maximum absolute atomic E-state index is 13.1. The summed E-state index contributed by atoms with van der Waals surface area (Å²) in [4.78, 5) is 141. The summed E-state index contributed by atoms with van der Waals surface area (Å²) in [7, 11) is 0. The second kappa shape index (κ2) is 34.2. The van der Waals surface area contributed by atoms with Gasteiger partial charge in [-0.1, -0.05) is 0 Å². The fraction of sp³-hybridized carbons (Fsp3) is 0.500. The monoisotopic (exact) mass is 1590 g/mol. The van der Waals surface area contributed by atoms with E-state index in [2.05, 4.69) is 98.9 Å². The summed E-state index contributed by atoms with van der Waals surface area (Å²) in [6, 6.07) is 13.6. The second-order valence-corrected chi connectivity index (χ2v) is 30.9. The average Bonchev–Trinajstić information content (AvgIpc) is 1.71. The molecule has 0 radical (unpaired) electrons. The first-order valence-corrected chi connectivity index (χ1v) is 39.0. The van der Waals surface area contributed by atoms with Crippen molar-refractivity contribution in [1.82, 2.24) is 98.9 Å². The van der Waals surface area contributed by atoms with E-state index in [9.17, 15) is 64.7 Å². The normalized spacial score (nSPS) is 21.0. The molecule has 37 heteroatoms. The van der Waals surface area contributed by atoms with Crippen molar-refractivity contribution in [3.05, 3.63) is 157 Å². The van der Waals surface area contributed by atoms with E-state index in [-0.39, 0.29) is 60.2 Å². The summed E-state index contributed by atoms with van der Waals surface area (Å²) in [6.45, 7) is 3.06. The van der Waals surface area contributed by atoms with Crippen molar-refractivity contribution in [2.24, 2.45) is 23.7 Å². The van der Waals surface area contributed by atoms with Crippen LogP contribution < -0.4 is 60.9 Å². The molecule has 5 aliphatic rings. The van der Waals surface area contributed by atoms with E-state index >= 15 is 0 Å². The number of rotatable bonds is 19. The first-order valence-electron chi connectivity index (χ1n) is 39.0. The molecule has 0 unspecified atom stereocenters. The lowest BCUT2D eigenvalue weighted by Crippen LogP contribution is -2.47. The van der Waals surface area contributed by atoms with Gasteiger partial charge in [0.05, 0.1) is 74.9 Å². The number of halogens is 6. The Morgan fingerprint density at radius 3 is 1.01 bits per heavy atom. The molecule has 115 heavy (non-hydrogen) atoms. The molecule has 0 amide bonds. The SMILES string of the molecule is N#CCCN(CCC#N)CC1CCC(n2c(=O)[nH]c(=O)c3cnc4[nH]ccc4c32)CC1.N#CCNCC1CCC(n2c(=O)[nH]c(=O)c3cnc4[nH]ccc4c32)CC1.O=c1[nH]c(=O)n(C2CCC(CNC3(C(F)(F)F)CC3)CC2)c2c1cnc1[nH]ccc12.O=c1[nH]c(=O)n(C2CCC(CNCC(F)(F)F)CC2)c2c1cnc1[nH]ccc12. The highest BCUT2D eigenvalue weighted by atomic mass is 19.4. The molecule has 12 heterocycles. The fourth-order valence-corrected chi connectivity index (χ4v) is 17.6. The molecule has 12 aromatic heterocycles. The number of nitrogens with zero attached hydrogens (tertiary/aromatic N) is 12. The predicted molar refractivity (Wildman–Crippen MR) is 418 cm³/mol. The molecule has 31 nitrogen and oxygen atoms in total. The Bertz CT molecular complexity index is 6160. The molecular formula is C78H87F6N23O8. The minimum absolute atomic E-state index is 0.00951. The lowest BCUT2D eigenvalue weighted by atomic mass is 9.85. The maximum Gasteiger partial charge on any atom is 0.406 e. The number of fused-ring (bicyclic) bond motifs is 12. The molecule has 5 aliphatic carbocycles. The molecule has 11 N–H and O–H groups in total. The molecule has 0 saturated heterocycles. The van der Waals surface area contributed by atoms with E-state index in [1.807, 2.05) is 12.1 Å². The van der Waals surface area contributed by atoms with Gasteiger partial charge in [0.15, 0.2) is 0 Å². The standard InChI is InChI=1S/C22H25N7O2.C20H22F3N5O2.C18H20F3N5O2.C18H20N6O2/c23-8-1-11-28(12-2-9-24)14-15-3-5-16(6-4-15)29-19-17-7-10-25-20(17)26-13-18(19)21(30)27-22(29)31;21-20(22,23)19(6-7-19)26-9-11-1-3-12(4-2-11)28-15-13-5-8-24-16(13)25-10-14(15)17(29)27-18(28)30;19-18(20,21)9-22-7-10-1-3-11(4-2-10)26-14-12-5-6-23-15(12)24-8-13(14)16(27)25-17(26)28;19-6-8-20-9-11-1-3-12(4-2-11)24-15-13-5-7-21-16(13)22-10-14(15)17(25)23-18(24)26/h7,10,13,15-16H,1-6,11-12,14H2,(H,25,26)(H,27,30,31);5,8,10-12,26H,1-4,6-7,9H2,(H,24,25)(H,27,29,30);5-6,8,10-11,22H,1-4,7,9H2,(H,23,24)(H,25,27,28);5,7,10-12,20H,1-4,8-9H2,(H,21,22)(H,23,25,26). The molecule has 0 spiro atoms. The van der Waals surface area contributed by atoms with Crippen LogP contribution in [0.1, 0.15) is 153 Å². The number of hydrogen-bond donors (Lipinski definition) is 11. The third-order valence-electron chi connectivity index (χ3n) is 23.7. The molecule has 5 saturated carbocycles. The van der Waals surface area contributed by atoms with Gasteiger partial charge in [0.1, 0.15) is 28.1 Å². The van der Waals surface area contributed by atoms with Gasteiger partial charge in [-0.05, 0) is 183 Å². The van der Waals surface area contributed by atoms with Crippen molar-refractivity contribution in [2.45, 2.75) is 170 Å². The Morgan fingerprint density at radius 2 is 0.722 bits per heavy atom. The van der Waals surface area contributed by atoms with Gasteiger partial charge in [-0.2, -0.15) is 42.1 Å². The summed E-state index contributed by atoms with van der Waals surface area (Å²) < 4.78 is 83.0. The van der Waals surface area contributed by atoms with E-state index in [1.165, 1.54) is 24.8 Å². The topological polar surface area (TPSA) is 445 Å². The van der Waals surface area contributed by atoms with Crippen LogP contribution in [0.25, 0.3) is 87.7 Å². The van der Waals surface area contributed by atoms with Crippen LogP contribution in [-0.4, -0.2) is 153 Å². The number of hydrogen-bond acceptors (Lipinski definition) is 19. The molecular weight excluding hydrogens is 1500 g/mol. The summed E-state index contributed by atoms with van der Waals surface area (Å²) in [5, 5.41) is 39.3. The van der Waals surface area contributed by atoms with Crippen LogP contribution in [-0.2, 0) is 0 Å². The summed E-state index contributed by atoms with van der Waals surface area (Å²) >= 11 is 0. The third kappa shape index (κ3) is 17.3. The van der Waals surface area contributed by atoms with E-state index in [1.54, 1.807) is 55.2 Å². The van der Waals surface area contributed by atoms with Crippen molar-refractivity contribution < 1.29 is 26.3 Å². The number of nitriles is 3. The largest absolute Gasteiger partial charge is 0.406 e. The van der Waals surface area contributed by atoms with Crippen LogP contribution in [0.5, 0.6) is 0 Å². The van der Waals surface area contributed by atoms with E-state index in [0.29, 0.717) is 173 Å². The lowest BCUT2D eigenvalue weighted by Gasteiger charge is -2.33. The third-order valence-corrected chi connectivity index (χ3v) is 23.7. The minimum Gasteiger partial charge on any atom is -0.346 e. The van der Waals surface area contributed by atoms with Crippen molar-refractivity contribution in [2.75, 3.05) is 52.4 Å². The predicted octanol–water partition coefficient (Wildman–Crippen LogP) is 9.27. The Hall–Kier alpha value is -11.6. The first-order chi connectivity index (χ1) is 55.4. The molecule has 5 fully saturated rings. The Morgan fingerprint density at radius 1 is 0.417 bits per heavy atom. The summed E-state index contributed by atoms with van der Waals surface area (Å²) in [6.07, 6.45) is 18.5. The molecule has 604 valence electrons. The van der Waals surface area contributed by atoms with Crippen molar-refractivity contribution in [3.8, 4) is 18.2 Å². The highest BCUT2D eigenvalue weighted by Crippen LogP contribution is 2.49. The lowest BCUT2D eigenvalue weighted by molar-refractivity contribution is -0.166. The number of aromatic amines is 8. The number of H-pyrrole nitrogens is 8. The highest BCUT2D eigenvalue weighted by Gasteiger charge is 2.63. The van der Waals surface area contributed by atoms with Gasteiger partial charge in [-0.3, -0.25) is 57.4 Å². The maximum atomic E-state index is 13.1. The summed E-state index contributed by atoms with van der Waals surface area (Å²) in [5.41, 5.74) is -0.163. The van der Waals surface area contributed by atoms with E-state index in [4.69, 9.17) is 15.8 Å². The quantitative estimate of drug-likeness (QED) is 0.0204. The van der Waals surface area contributed by atoms with Crippen LogP contribution >= 0.6 is 0 Å². The van der Waals surface area contributed by atoms with Gasteiger partial charge in [0.25, 0.3) is 22.2 Å². The number of nitrogens with one attached hydrogen (secondary N) is 11. The zero-order chi connectivity index (χ0) is 80.9. The van der Waals surface area contributed by atoms with Crippen molar-refractivity contribution in [1.29, 1.82) is 15.8 Å². The van der Waals surface area contributed by atoms with Gasteiger partial charge < -0.3 is 40.8 Å². The van der Waals surface area contributed by atoms with Crippen LogP contribution in [0.15, 0.2) is 112 Å². The average molecular weight is 1590 g/mol. The molecule has 0 aliphatic heterocycles. The van der Waals surface area contributed by atoms with E-state index in [0.717, 1.165) is 88.1 Å². The molecule has 0 aromatic carbocycles. The summed E-state index contributed by atoms with van der Waals surface area (Å²) in [5.74, 6) is 1.25. The van der Waals surface area contributed by atoms with Gasteiger partial charge in [0.2, 0.25) is 0 Å². The van der Waals surface area contributed by atoms with Gasteiger partial charge in [0, 0.05) is 128 Å². The van der Waals surface area contributed by atoms with Crippen LogP contribution in [0.3, 0.4) is 0 Å². The number of alkyl halides is 6. The van der Waals surface area contributed by atoms with Crippen LogP contribution in [0.2, 0.25) is 0 Å². The number of pyridine rings is 4. The van der Waals surface area contributed by atoms with Crippen molar-refractivity contribution >= 4 is 87.7 Å². The molecule has 0 bridgehead atoms. The van der Waals surface area contributed by atoms with Gasteiger partial charge in [-0.25, -0.2) is 39.1 Å². The fourth-order valence-electron chi connectivity index (χ4n) is 17.6. The first kappa shape index (κ1) is 80.0. The van der Waals surface area contributed by atoms with Crippen molar-refractivity contribution in [3.63, 3.8) is 0 Å².